The molecule has 0 radical (unpaired) electrons. The van der Waals surface area contributed by atoms with Gasteiger partial charge in [0.1, 0.15) is 10.9 Å². The summed E-state index contributed by atoms with van der Waals surface area (Å²) in [6.45, 7) is 0. The zero-order chi connectivity index (χ0) is 12.5. The molecule has 0 bridgehead atoms. The lowest BCUT2D eigenvalue weighted by Gasteiger charge is -2.07. The van der Waals surface area contributed by atoms with Crippen molar-refractivity contribution in [1.29, 1.82) is 0 Å². The fourth-order valence-corrected chi connectivity index (χ4v) is 2.00. The first-order chi connectivity index (χ1) is 8.77. The van der Waals surface area contributed by atoms with Crippen molar-refractivity contribution in [3.05, 3.63) is 71.2 Å². The van der Waals surface area contributed by atoms with Crippen molar-refractivity contribution in [3.63, 3.8) is 0 Å². The third-order valence-corrected chi connectivity index (χ3v) is 2.85. The van der Waals surface area contributed by atoms with Crippen LogP contribution in [0.4, 0.5) is 0 Å². The first-order valence-corrected chi connectivity index (χ1v) is 5.57. The van der Waals surface area contributed by atoms with Crippen LogP contribution in [0.3, 0.4) is 0 Å². The molecule has 0 spiro atoms. The number of hydrogen-bond acceptors (Lipinski definition) is 2. The van der Waals surface area contributed by atoms with Crippen molar-refractivity contribution in [2.75, 3.05) is 0 Å². The van der Waals surface area contributed by atoms with Crippen molar-refractivity contribution in [3.8, 4) is 11.4 Å². The second kappa shape index (κ2) is 4.00. The Morgan fingerprint density at radius 3 is 2.22 bits per heavy atom. The first-order valence-electron chi connectivity index (χ1n) is 5.57. The molecule has 1 aromatic heterocycles. The van der Waals surface area contributed by atoms with E-state index in [9.17, 15) is 10.4 Å². The summed E-state index contributed by atoms with van der Waals surface area (Å²) >= 11 is 0. The van der Waals surface area contributed by atoms with Crippen LogP contribution in [-0.4, -0.2) is 0 Å². The van der Waals surface area contributed by atoms with Crippen LogP contribution in [0.5, 0.6) is 0 Å². The van der Waals surface area contributed by atoms with Crippen LogP contribution < -0.4 is 9.46 Å². The Hall–Kier alpha value is -2.62. The van der Waals surface area contributed by atoms with Gasteiger partial charge in [0, 0.05) is 6.07 Å². The summed E-state index contributed by atoms with van der Waals surface area (Å²) in [7, 11) is 0. The second-order valence-corrected chi connectivity index (χ2v) is 4.00. The molecule has 0 saturated heterocycles. The monoisotopic (exact) mass is 238 g/mol. The quantitative estimate of drug-likeness (QED) is 0.479. The van der Waals surface area contributed by atoms with E-state index in [0.29, 0.717) is 25.9 Å². The van der Waals surface area contributed by atoms with Crippen LogP contribution in [-0.2, 0) is 0 Å². The lowest BCUT2D eigenvalue weighted by Crippen LogP contribution is -2.45. The Kier molecular flexibility index (Phi) is 2.34. The lowest BCUT2D eigenvalue weighted by atomic mass is 10.2. The molecule has 3 rings (SSSR count). The van der Waals surface area contributed by atoms with Crippen LogP contribution in [0.1, 0.15) is 0 Å². The SMILES string of the molecule is [O-][n+]1cc2ccccc2[n+]([O-])c1-c1ccccc1. The van der Waals surface area contributed by atoms with E-state index in [0.717, 1.165) is 0 Å². The molecule has 0 amide bonds. The topological polar surface area (TPSA) is 53.9 Å². The molecule has 18 heavy (non-hydrogen) atoms. The van der Waals surface area contributed by atoms with Gasteiger partial charge in [-0.25, -0.2) is 0 Å². The summed E-state index contributed by atoms with van der Waals surface area (Å²) < 4.78 is 1.29. The molecule has 3 aromatic rings. The molecule has 4 nitrogen and oxygen atoms in total. The van der Waals surface area contributed by atoms with E-state index < -0.39 is 0 Å². The van der Waals surface area contributed by atoms with E-state index >= 15 is 0 Å². The summed E-state index contributed by atoms with van der Waals surface area (Å²) in [4.78, 5) is 0. The van der Waals surface area contributed by atoms with Gasteiger partial charge in [0.15, 0.2) is 0 Å². The van der Waals surface area contributed by atoms with Gasteiger partial charge in [0.2, 0.25) is 11.7 Å². The van der Waals surface area contributed by atoms with Crippen molar-refractivity contribution in [2.24, 2.45) is 0 Å². The highest BCUT2D eigenvalue weighted by Gasteiger charge is 2.23. The molecule has 2 aromatic carbocycles. The molecule has 0 aliphatic heterocycles. The van der Waals surface area contributed by atoms with Gasteiger partial charge in [0.05, 0.1) is 0 Å². The second-order valence-electron chi connectivity index (χ2n) is 4.00. The Bertz CT molecular complexity index is 712. The molecular weight excluding hydrogens is 228 g/mol. The van der Waals surface area contributed by atoms with Gasteiger partial charge >= 0.3 is 5.82 Å². The molecule has 4 heteroatoms. The maximum atomic E-state index is 12.2. The van der Waals surface area contributed by atoms with Gasteiger partial charge in [0.25, 0.3) is 0 Å². The third kappa shape index (κ3) is 1.55. The molecule has 0 aliphatic carbocycles. The third-order valence-electron chi connectivity index (χ3n) is 2.85. The summed E-state index contributed by atoms with van der Waals surface area (Å²) in [5.74, 6) is 0.0919. The Morgan fingerprint density at radius 1 is 0.778 bits per heavy atom. The van der Waals surface area contributed by atoms with E-state index in [1.54, 1.807) is 48.5 Å². The number of benzene rings is 2. The van der Waals surface area contributed by atoms with E-state index in [1.165, 1.54) is 6.20 Å². The maximum Gasteiger partial charge on any atom is 0.474 e. The fourth-order valence-electron chi connectivity index (χ4n) is 2.00. The molecule has 0 N–H and O–H groups in total. The summed E-state index contributed by atoms with van der Waals surface area (Å²) in [5, 5.41) is 24.8. The Balaban J connectivity index is 2.37. The van der Waals surface area contributed by atoms with E-state index in [4.69, 9.17) is 0 Å². The highest BCUT2D eigenvalue weighted by atomic mass is 16.5. The molecular formula is C14H10N2O2. The van der Waals surface area contributed by atoms with Gasteiger partial charge in [-0.05, 0) is 18.2 Å². The maximum absolute atomic E-state index is 12.2. The molecule has 0 atom stereocenters. The van der Waals surface area contributed by atoms with Crippen LogP contribution in [0.15, 0.2) is 60.8 Å². The zero-order valence-corrected chi connectivity index (χ0v) is 9.48. The molecule has 88 valence electrons. The summed E-state index contributed by atoms with van der Waals surface area (Å²) in [6, 6.07) is 15.9. The van der Waals surface area contributed by atoms with Gasteiger partial charge < -0.3 is 10.4 Å². The highest BCUT2D eigenvalue weighted by Crippen LogP contribution is 2.14. The largest absolute Gasteiger partial charge is 0.614 e. The molecule has 0 unspecified atom stereocenters. The number of para-hydroxylation sites is 1. The molecule has 0 aliphatic rings. The molecule has 0 fully saturated rings. The first kappa shape index (κ1) is 10.5. The van der Waals surface area contributed by atoms with E-state index in [1.807, 2.05) is 6.07 Å². The number of hydrogen-bond donors (Lipinski definition) is 0. The van der Waals surface area contributed by atoms with Crippen molar-refractivity contribution >= 4 is 10.9 Å². The lowest BCUT2D eigenvalue weighted by molar-refractivity contribution is -0.710. The summed E-state index contributed by atoms with van der Waals surface area (Å²) in [6.07, 6.45) is 1.42. The number of fused-ring (bicyclic) bond motifs is 1. The van der Waals surface area contributed by atoms with Crippen LogP contribution in [0.2, 0.25) is 0 Å². The van der Waals surface area contributed by atoms with Gasteiger partial charge in [-0.1, -0.05) is 30.3 Å². The normalized spacial score (nSPS) is 10.7. The van der Waals surface area contributed by atoms with E-state index in [-0.39, 0.29) is 5.82 Å². The predicted octanol–water partition coefficient (Wildman–Crippen LogP) is 1.77. The minimum absolute atomic E-state index is 0.0919. The fraction of sp³-hybridized carbons (Fsp3) is 0. The predicted molar refractivity (Wildman–Crippen MR) is 67.3 cm³/mol. The van der Waals surface area contributed by atoms with Crippen molar-refractivity contribution in [2.45, 2.75) is 0 Å². The highest BCUT2D eigenvalue weighted by molar-refractivity contribution is 5.74. The Labute approximate surface area is 104 Å². The number of rotatable bonds is 1. The Morgan fingerprint density at radius 2 is 1.44 bits per heavy atom. The van der Waals surface area contributed by atoms with Gasteiger partial charge in [-0.3, -0.25) is 0 Å². The number of aromatic nitrogens is 2. The average Bonchev–Trinajstić information content (AvgIpc) is 2.40. The van der Waals surface area contributed by atoms with Crippen LogP contribution in [0.25, 0.3) is 22.3 Å². The van der Waals surface area contributed by atoms with Crippen molar-refractivity contribution in [1.82, 2.24) is 0 Å². The molecule has 1 heterocycles. The standard InChI is InChI=1S/C14H10N2O2/c17-15-10-12-8-4-5-9-13(12)16(18)14(15)11-6-2-1-3-7-11/h1-10H. The molecule has 0 saturated carbocycles. The van der Waals surface area contributed by atoms with Gasteiger partial charge in [-0.15, -0.1) is 9.46 Å². The van der Waals surface area contributed by atoms with Crippen LogP contribution in [0, 0.1) is 10.4 Å². The van der Waals surface area contributed by atoms with E-state index in [2.05, 4.69) is 0 Å². The van der Waals surface area contributed by atoms with Crippen LogP contribution >= 0.6 is 0 Å². The minimum Gasteiger partial charge on any atom is -0.614 e. The zero-order valence-electron chi connectivity index (χ0n) is 9.48. The summed E-state index contributed by atoms with van der Waals surface area (Å²) in [5.41, 5.74) is 1.09. The number of nitrogens with zero attached hydrogens (tertiary/aromatic N) is 2. The van der Waals surface area contributed by atoms with Gasteiger partial charge in [-0.2, -0.15) is 0 Å². The van der Waals surface area contributed by atoms with Crippen molar-refractivity contribution < 1.29 is 9.46 Å². The average molecular weight is 238 g/mol. The minimum atomic E-state index is 0.0919. The smallest absolute Gasteiger partial charge is 0.474 e.